The zero-order valence-corrected chi connectivity index (χ0v) is 17.6. The number of nitrogens with zero attached hydrogens (tertiary/aromatic N) is 1. The molecule has 0 aliphatic rings. The first-order chi connectivity index (χ1) is 12.9. The maximum Gasteiger partial charge on any atom is 0.242 e. The zero-order valence-electron chi connectivity index (χ0n) is 15.2. The first-order valence-corrected chi connectivity index (χ1v) is 10.3. The second kappa shape index (κ2) is 10.6. The second-order valence-corrected chi connectivity index (χ2v) is 8.03. The Kier molecular flexibility index (Phi) is 8.48. The number of thioether (sulfide) groups is 1. The molecule has 0 bridgehead atoms. The lowest BCUT2D eigenvalue weighted by Gasteiger charge is -2.28. The molecule has 4 nitrogen and oxygen atoms in total. The van der Waals surface area contributed by atoms with E-state index in [2.05, 4.69) is 5.32 Å². The van der Waals surface area contributed by atoms with Gasteiger partial charge in [-0.25, -0.2) is 0 Å². The standard InChI is InChI=1S/C20H22Cl2N2O2S/c1-14(20(26)23-2)24(13-15-3-5-16(21)6-4-15)19(25)11-12-27-18-9-7-17(22)8-10-18/h3-10,14H,11-13H2,1-2H3,(H,23,26). The fourth-order valence-corrected chi connectivity index (χ4v) is 3.60. The summed E-state index contributed by atoms with van der Waals surface area (Å²) >= 11 is 13.4. The van der Waals surface area contributed by atoms with Gasteiger partial charge in [0.05, 0.1) is 0 Å². The summed E-state index contributed by atoms with van der Waals surface area (Å²) in [7, 11) is 1.57. The Morgan fingerprint density at radius 2 is 1.59 bits per heavy atom. The van der Waals surface area contributed by atoms with E-state index in [0.29, 0.717) is 28.8 Å². The number of halogens is 2. The largest absolute Gasteiger partial charge is 0.357 e. The molecule has 7 heteroatoms. The first-order valence-electron chi connectivity index (χ1n) is 8.54. The Morgan fingerprint density at radius 3 is 2.15 bits per heavy atom. The van der Waals surface area contributed by atoms with Crippen LogP contribution >= 0.6 is 35.0 Å². The van der Waals surface area contributed by atoms with Crippen molar-refractivity contribution >= 4 is 46.8 Å². The van der Waals surface area contributed by atoms with E-state index in [1.165, 1.54) is 0 Å². The summed E-state index contributed by atoms with van der Waals surface area (Å²) in [5.41, 5.74) is 0.925. The van der Waals surface area contributed by atoms with Crippen molar-refractivity contribution in [2.24, 2.45) is 0 Å². The van der Waals surface area contributed by atoms with Gasteiger partial charge in [0.25, 0.3) is 0 Å². The third kappa shape index (κ3) is 6.76. The van der Waals surface area contributed by atoms with Crippen LogP contribution in [0, 0.1) is 0 Å². The molecule has 0 spiro atoms. The molecule has 2 rings (SSSR count). The summed E-state index contributed by atoms with van der Waals surface area (Å²) in [6, 6.07) is 14.2. The van der Waals surface area contributed by atoms with Crippen molar-refractivity contribution in [3.8, 4) is 0 Å². The molecule has 27 heavy (non-hydrogen) atoms. The molecular formula is C20H22Cl2N2O2S. The number of hydrogen-bond acceptors (Lipinski definition) is 3. The predicted molar refractivity (Wildman–Crippen MR) is 112 cm³/mol. The van der Waals surface area contributed by atoms with Crippen molar-refractivity contribution in [1.82, 2.24) is 10.2 Å². The van der Waals surface area contributed by atoms with Gasteiger partial charge in [-0.05, 0) is 48.9 Å². The lowest BCUT2D eigenvalue weighted by molar-refractivity contribution is -0.140. The second-order valence-electron chi connectivity index (χ2n) is 5.99. The minimum absolute atomic E-state index is 0.0671. The fourth-order valence-electron chi connectivity index (χ4n) is 2.51. The van der Waals surface area contributed by atoms with E-state index in [1.54, 1.807) is 42.8 Å². The quantitative estimate of drug-likeness (QED) is 0.627. The summed E-state index contributed by atoms with van der Waals surface area (Å²) < 4.78 is 0. The van der Waals surface area contributed by atoms with E-state index >= 15 is 0 Å². The third-order valence-electron chi connectivity index (χ3n) is 4.08. The molecule has 0 aliphatic heterocycles. The average molecular weight is 425 g/mol. The van der Waals surface area contributed by atoms with Crippen LogP contribution in [0.25, 0.3) is 0 Å². The SMILES string of the molecule is CNC(=O)C(C)N(Cc1ccc(Cl)cc1)C(=O)CCSc1ccc(Cl)cc1. The van der Waals surface area contributed by atoms with Gasteiger partial charge in [0.2, 0.25) is 11.8 Å². The van der Waals surface area contributed by atoms with E-state index in [0.717, 1.165) is 10.5 Å². The molecule has 1 unspecified atom stereocenters. The molecule has 0 heterocycles. The lowest BCUT2D eigenvalue weighted by Crippen LogP contribution is -2.46. The Hall–Kier alpha value is -1.69. The van der Waals surface area contributed by atoms with E-state index in [-0.39, 0.29) is 11.8 Å². The summed E-state index contributed by atoms with van der Waals surface area (Å²) in [6.07, 6.45) is 0.336. The fraction of sp³-hybridized carbons (Fsp3) is 0.300. The highest BCUT2D eigenvalue weighted by Gasteiger charge is 2.25. The number of carbonyl (C=O) groups excluding carboxylic acids is 2. The number of benzene rings is 2. The summed E-state index contributed by atoms with van der Waals surface area (Å²) in [6.45, 7) is 2.09. The molecule has 1 atom stereocenters. The number of carbonyl (C=O) groups is 2. The lowest BCUT2D eigenvalue weighted by atomic mass is 10.1. The molecule has 1 N–H and O–H groups in total. The molecule has 144 valence electrons. The van der Waals surface area contributed by atoms with Crippen molar-refractivity contribution in [2.45, 2.75) is 30.8 Å². The minimum atomic E-state index is -0.557. The van der Waals surface area contributed by atoms with Gasteiger partial charge < -0.3 is 10.2 Å². The van der Waals surface area contributed by atoms with Crippen LogP contribution in [0.5, 0.6) is 0 Å². The first kappa shape index (κ1) is 21.6. The van der Waals surface area contributed by atoms with Crippen LogP contribution in [0.4, 0.5) is 0 Å². The number of likely N-dealkylation sites (N-methyl/N-ethyl adjacent to an activating group) is 1. The monoisotopic (exact) mass is 424 g/mol. The van der Waals surface area contributed by atoms with Crippen LogP contribution in [0.1, 0.15) is 18.9 Å². The molecule has 2 aromatic carbocycles. The third-order valence-corrected chi connectivity index (χ3v) is 5.60. The van der Waals surface area contributed by atoms with Crippen molar-refractivity contribution in [1.29, 1.82) is 0 Å². The van der Waals surface area contributed by atoms with Gasteiger partial charge in [0, 0.05) is 40.7 Å². The summed E-state index contributed by atoms with van der Waals surface area (Å²) in [5.74, 6) is 0.364. The smallest absolute Gasteiger partial charge is 0.242 e. The van der Waals surface area contributed by atoms with Gasteiger partial charge in [0.1, 0.15) is 6.04 Å². The number of nitrogens with one attached hydrogen (secondary N) is 1. The minimum Gasteiger partial charge on any atom is -0.357 e. The highest BCUT2D eigenvalue weighted by Crippen LogP contribution is 2.22. The molecule has 0 saturated carbocycles. The molecule has 0 radical (unpaired) electrons. The van der Waals surface area contributed by atoms with Crippen LogP contribution in [0.2, 0.25) is 10.0 Å². The van der Waals surface area contributed by atoms with Gasteiger partial charge in [0.15, 0.2) is 0 Å². The van der Waals surface area contributed by atoms with Gasteiger partial charge in [-0.3, -0.25) is 9.59 Å². The highest BCUT2D eigenvalue weighted by atomic mass is 35.5. The topological polar surface area (TPSA) is 49.4 Å². The van der Waals surface area contributed by atoms with Crippen LogP contribution < -0.4 is 5.32 Å². The molecule has 0 saturated heterocycles. The molecular weight excluding hydrogens is 403 g/mol. The van der Waals surface area contributed by atoms with Gasteiger partial charge in [-0.2, -0.15) is 0 Å². The van der Waals surface area contributed by atoms with E-state index < -0.39 is 6.04 Å². The van der Waals surface area contributed by atoms with Crippen LogP contribution in [-0.4, -0.2) is 35.6 Å². The predicted octanol–water partition coefficient (Wildman–Crippen LogP) is 4.64. The van der Waals surface area contributed by atoms with Gasteiger partial charge in [-0.15, -0.1) is 11.8 Å². The van der Waals surface area contributed by atoms with Crippen LogP contribution in [0.3, 0.4) is 0 Å². The van der Waals surface area contributed by atoms with Crippen molar-refractivity contribution < 1.29 is 9.59 Å². The van der Waals surface area contributed by atoms with Crippen LogP contribution in [0.15, 0.2) is 53.4 Å². The van der Waals surface area contributed by atoms with Gasteiger partial charge in [-0.1, -0.05) is 35.3 Å². The number of hydrogen-bond donors (Lipinski definition) is 1. The maximum atomic E-state index is 12.8. The summed E-state index contributed by atoms with van der Waals surface area (Å²) in [5, 5.41) is 3.93. The van der Waals surface area contributed by atoms with Crippen molar-refractivity contribution in [2.75, 3.05) is 12.8 Å². The zero-order chi connectivity index (χ0) is 19.8. The van der Waals surface area contributed by atoms with Gasteiger partial charge >= 0.3 is 0 Å². The number of amides is 2. The molecule has 0 fully saturated rings. The van der Waals surface area contributed by atoms with Crippen molar-refractivity contribution in [3.63, 3.8) is 0 Å². The number of rotatable bonds is 8. The molecule has 0 aromatic heterocycles. The highest BCUT2D eigenvalue weighted by molar-refractivity contribution is 7.99. The van der Waals surface area contributed by atoms with E-state index in [1.807, 2.05) is 36.4 Å². The molecule has 0 aliphatic carbocycles. The van der Waals surface area contributed by atoms with E-state index in [9.17, 15) is 9.59 Å². The average Bonchev–Trinajstić information content (AvgIpc) is 2.67. The Balaban J connectivity index is 2.02. The Bertz CT molecular complexity index is 767. The molecule has 2 amide bonds. The normalized spacial score (nSPS) is 11.7. The van der Waals surface area contributed by atoms with Crippen LogP contribution in [-0.2, 0) is 16.1 Å². The Labute approximate surface area is 174 Å². The Morgan fingerprint density at radius 1 is 1.04 bits per heavy atom. The summed E-state index contributed by atoms with van der Waals surface area (Å²) in [4.78, 5) is 27.5. The van der Waals surface area contributed by atoms with Crippen molar-refractivity contribution in [3.05, 3.63) is 64.1 Å². The maximum absolute atomic E-state index is 12.8. The molecule has 2 aromatic rings. The van der Waals surface area contributed by atoms with E-state index in [4.69, 9.17) is 23.2 Å².